The van der Waals surface area contributed by atoms with Crippen LogP contribution in [-0.2, 0) is 0 Å². The quantitative estimate of drug-likeness (QED) is 0.722. The van der Waals surface area contributed by atoms with Crippen LogP contribution in [0.3, 0.4) is 0 Å². The topological polar surface area (TPSA) is 42.9 Å². The first-order valence-corrected chi connectivity index (χ1v) is 4.77. The van der Waals surface area contributed by atoms with Crippen LogP contribution in [0.4, 0.5) is 4.39 Å². The van der Waals surface area contributed by atoms with E-state index in [9.17, 15) is 9.18 Å². The molecule has 0 aliphatic carbocycles. The largest absolute Gasteiger partial charge is 0.287 e. The highest BCUT2D eigenvalue weighted by Gasteiger charge is 2.11. The lowest BCUT2D eigenvalue weighted by Gasteiger charge is -2.00. The van der Waals surface area contributed by atoms with Gasteiger partial charge in [0.15, 0.2) is 0 Å². The first-order valence-electron chi connectivity index (χ1n) is 4.77. The van der Waals surface area contributed by atoms with Gasteiger partial charge in [0.1, 0.15) is 17.3 Å². The summed E-state index contributed by atoms with van der Waals surface area (Å²) in [6, 6.07) is 7.06. The molecule has 0 saturated carbocycles. The fourth-order valence-electron chi connectivity index (χ4n) is 1.36. The maximum absolute atomic E-state index is 12.9. The third kappa shape index (κ3) is 2.11. The number of halogens is 1. The third-order valence-corrected chi connectivity index (χ3v) is 2.10. The molecule has 2 aromatic rings. The Labute approximate surface area is 92.0 Å². The second-order valence-corrected chi connectivity index (χ2v) is 3.33. The molecule has 0 aliphatic rings. The van der Waals surface area contributed by atoms with Crippen LogP contribution in [0.1, 0.15) is 21.9 Å². The van der Waals surface area contributed by atoms with Crippen molar-refractivity contribution in [2.45, 2.75) is 6.92 Å². The van der Waals surface area contributed by atoms with Crippen LogP contribution in [0.15, 0.2) is 36.5 Å². The summed E-state index contributed by atoms with van der Waals surface area (Å²) in [7, 11) is 0. The molecule has 16 heavy (non-hydrogen) atoms. The van der Waals surface area contributed by atoms with E-state index in [-0.39, 0.29) is 17.0 Å². The monoisotopic (exact) mass is 216 g/mol. The minimum Gasteiger partial charge on any atom is -0.287 e. The average molecular weight is 216 g/mol. The van der Waals surface area contributed by atoms with Gasteiger partial charge in [-0.15, -0.1) is 0 Å². The molecule has 0 radical (unpaired) electrons. The highest BCUT2D eigenvalue weighted by molar-refractivity contribution is 6.07. The van der Waals surface area contributed by atoms with E-state index in [1.165, 1.54) is 30.5 Å². The first-order chi connectivity index (χ1) is 7.66. The molecule has 1 aromatic heterocycles. The van der Waals surface area contributed by atoms with Gasteiger partial charge >= 0.3 is 0 Å². The zero-order valence-electron chi connectivity index (χ0n) is 8.64. The number of aromatic nitrogens is 2. The van der Waals surface area contributed by atoms with Gasteiger partial charge in [-0.25, -0.2) is 14.4 Å². The molecule has 0 amide bonds. The van der Waals surface area contributed by atoms with Crippen LogP contribution >= 0.6 is 0 Å². The smallest absolute Gasteiger partial charge is 0.211 e. The highest BCUT2D eigenvalue weighted by Crippen LogP contribution is 2.09. The van der Waals surface area contributed by atoms with E-state index in [0.717, 1.165) is 0 Å². The van der Waals surface area contributed by atoms with Crippen LogP contribution < -0.4 is 0 Å². The Balaban J connectivity index is 2.39. The molecule has 3 nitrogen and oxygen atoms in total. The van der Waals surface area contributed by atoms with Gasteiger partial charge in [0.25, 0.3) is 0 Å². The van der Waals surface area contributed by atoms with Gasteiger partial charge in [-0.1, -0.05) is 12.1 Å². The van der Waals surface area contributed by atoms with Crippen molar-refractivity contribution in [3.8, 4) is 0 Å². The molecule has 0 N–H and O–H groups in total. The number of carbonyl (C=O) groups excluding carboxylic acids is 1. The van der Waals surface area contributed by atoms with Gasteiger partial charge in [-0.2, -0.15) is 0 Å². The molecule has 0 aliphatic heterocycles. The van der Waals surface area contributed by atoms with Crippen LogP contribution in [0, 0.1) is 12.7 Å². The zero-order valence-corrected chi connectivity index (χ0v) is 8.64. The summed E-state index contributed by atoms with van der Waals surface area (Å²) < 4.78 is 12.9. The van der Waals surface area contributed by atoms with Crippen molar-refractivity contribution in [3.05, 3.63) is 59.4 Å². The molecule has 0 unspecified atom stereocenters. The standard InChI is InChI=1S/C12H9FN2O/c1-8-14-6-5-11(15-8)12(16)9-3-2-4-10(13)7-9/h2-7H,1H3. The molecule has 0 saturated heterocycles. The highest BCUT2D eigenvalue weighted by atomic mass is 19.1. The van der Waals surface area contributed by atoms with Crippen molar-refractivity contribution in [1.29, 1.82) is 0 Å². The van der Waals surface area contributed by atoms with E-state index in [1.54, 1.807) is 13.0 Å². The molecule has 1 heterocycles. The molecule has 0 fully saturated rings. The predicted octanol–water partition coefficient (Wildman–Crippen LogP) is 2.16. The number of aryl methyl sites for hydroxylation is 1. The molecule has 80 valence electrons. The van der Waals surface area contributed by atoms with Crippen molar-refractivity contribution in [3.63, 3.8) is 0 Å². The lowest BCUT2D eigenvalue weighted by molar-refractivity contribution is 0.103. The number of hydrogen-bond donors (Lipinski definition) is 0. The molecular weight excluding hydrogens is 207 g/mol. The lowest BCUT2D eigenvalue weighted by Crippen LogP contribution is -2.05. The van der Waals surface area contributed by atoms with Crippen molar-refractivity contribution in [1.82, 2.24) is 9.97 Å². The summed E-state index contributed by atoms with van der Waals surface area (Å²) in [6.45, 7) is 1.70. The molecule has 0 bridgehead atoms. The minimum absolute atomic E-state index is 0.276. The summed E-state index contributed by atoms with van der Waals surface area (Å²) in [5, 5.41) is 0. The van der Waals surface area contributed by atoms with Gasteiger partial charge in [-0.05, 0) is 25.1 Å². The van der Waals surface area contributed by atoms with E-state index in [1.807, 2.05) is 0 Å². The Morgan fingerprint density at radius 1 is 1.31 bits per heavy atom. The average Bonchev–Trinajstić information content (AvgIpc) is 2.28. The second kappa shape index (κ2) is 4.18. The first kappa shape index (κ1) is 10.4. The maximum atomic E-state index is 12.9. The SMILES string of the molecule is Cc1nccc(C(=O)c2cccc(F)c2)n1. The van der Waals surface area contributed by atoms with Crippen LogP contribution in [-0.4, -0.2) is 15.8 Å². The number of benzene rings is 1. The van der Waals surface area contributed by atoms with Gasteiger partial charge in [-0.3, -0.25) is 4.79 Å². The molecule has 2 rings (SSSR count). The molecule has 1 aromatic carbocycles. The summed E-state index contributed by atoms with van der Waals surface area (Å²) in [6.07, 6.45) is 1.51. The molecule has 4 heteroatoms. The van der Waals surface area contributed by atoms with Crippen molar-refractivity contribution in [2.24, 2.45) is 0 Å². The Morgan fingerprint density at radius 3 is 2.81 bits per heavy atom. The Morgan fingerprint density at radius 2 is 2.12 bits per heavy atom. The second-order valence-electron chi connectivity index (χ2n) is 3.33. The maximum Gasteiger partial charge on any atom is 0.211 e. The number of rotatable bonds is 2. The lowest BCUT2D eigenvalue weighted by atomic mass is 10.1. The Kier molecular flexibility index (Phi) is 2.72. The van der Waals surface area contributed by atoms with Gasteiger partial charge in [0.2, 0.25) is 5.78 Å². The molecule has 0 spiro atoms. The fraction of sp³-hybridized carbons (Fsp3) is 0.0833. The van der Waals surface area contributed by atoms with Crippen LogP contribution in [0.25, 0.3) is 0 Å². The van der Waals surface area contributed by atoms with E-state index < -0.39 is 5.82 Å². The van der Waals surface area contributed by atoms with Gasteiger partial charge < -0.3 is 0 Å². The Bertz CT molecular complexity index is 493. The van der Waals surface area contributed by atoms with E-state index >= 15 is 0 Å². The normalized spacial score (nSPS) is 10.1. The van der Waals surface area contributed by atoms with E-state index in [4.69, 9.17) is 0 Å². The number of nitrogens with zero attached hydrogens (tertiary/aromatic N) is 2. The third-order valence-electron chi connectivity index (χ3n) is 2.10. The zero-order chi connectivity index (χ0) is 11.5. The minimum atomic E-state index is -0.434. The molecule has 0 atom stereocenters. The predicted molar refractivity (Wildman–Crippen MR) is 56.6 cm³/mol. The van der Waals surface area contributed by atoms with E-state index in [2.05, 4.69) is 9.97 Å². The van der Waals surface area contributed by atoms with Gasteiger partial charge in [0.05, 0.1) is 0 Å². The summed E-state index contributed by atoms with van der Waals surface area (Å²) >= 11 is 0. The van der Waals surface area contributed by atoms with Crippen molar-refractivity contribution >= 4 is 5.78 Å². The number of ketones is 1. The molecular formula is C12H9FN2O. The fourth-order valence-corrected chi connectivity index (χ4v) is 1.36. The van der Waals surface area contributed by atoms with Crippen LogP contribution in [0.2, 0.25) is 0 Å². The summed E-state index contributed by atoms with van der Waals surface area (Å²) in [5.74, 6) is -0.219. The van der Waals surface area contributed by atoms with Gasteiger partial charge in [0, 0.05) is 11.8 Å². The van der Waals surface area contributed by atoms with Crippen molar-refractivity contribution in [2.75, 3.05) is 0 Å². The Hall–Kier alpha value is -2.10. The summed E-state index contributed by atoms with van der Waals surface area (Å²) in [5.41, 5.74) is 0.566. The van der Waals surface area contributed by atoms with Crippen LogP contribution in [0.5, 0.6) is 0 Å². The number of hydrogen-bond acceptors (Lipinski definition) is 3. The number of carbonyl (C=O) groups is 1. The summed E-state index contributed by atoms with van der Waals surface area (Å²) in [4.78, 5) is 19.8. The van der Waals surface area contributed by atoms with E-state index in [0.29, 0.717) is 5.82 Å². The van der Waals surface area contributed by atoms with Crippen molar-refractivity contribution < 1.29 is 9.18 Å².